The molecule has 0 saturated carbocycles. The second-order valence-corrected chi connectivity index (χ2v) is 6.34. The number of hydrogen-bond acceptors (Lipinski definition) is 3. The SMILES string of the molecule is O=C(Nc1nc2ccccc2[nH]1)C1CCCc2sccc21. The molecule has 2 aromatic heterocycles. The summed E-state index contributed by atoms with van der Waals surface area (Å²) in [5, 5.41) is 5.01. The predicted octanol–water partition coefficient (Wildman–Crippen LogP) is 3.68. The van der Waals surface area contributed by atoms with Crippen LogP contribution in [0, 0.1) is 0 Å². The minimum atomic E-state index is -0.0480. The lowest BCUT2D eigenvalue weighted by atomic mass is 9.87. The Balaban J connectivity index is 1.59. The quantitative estimate of drug-likeness (QED) is 0.758. The van der Waals surface area contributed by atoms with Crippen molar-refractivity contribution in [3.05, 3.63) is 46.2 Å². The van der Waals surface area contributed by atoms with Crippen LogP contribution in [0.4, 0.5) is 5.95 Å². The third-order valence-corrected chi connectivity index (χ3v) is 5.00. The first kappa shape index (κ1) is 12.6. The van der Waals surface area contributed by atoms with Gasteiger partial charge >= 0.3 is 0 Å². The Labute approximate surface area is 126 Å². The molecule has 4 nitrogen and oxygen atoms in total. The molecule has 0 aliphatic heterocycles. The van der Waals surface area contributed by atoms with E-state index >= 15 is 0 Å². The van der Waals surface area contributed by atoms with Crippen LogP contribution < -0.4 is 5.32 Å². The van der Waals surface area contributed by atoms with E-state index in [-0.39, 0.29) is 11.8 Å². The number of para-hydroxylation sites is 2. The lowest BCUT2D eigenvalue weighted by Crippen LogP contribution is -2.24. The van der Waals surface area contributed by atoms with Gasteiger partial charge in [-0.2, -0.15) is 0 Å². The van der Waals surface area contributed by atoms with Gasteiger partial charge in [-0.3, -0.25) is 10.1 Å². The Morgan fingerprint density at radius 1 is 1.33 bits per heavy atom. The van der Waals surface area contributed by atoms with Gasteiger partial charge in [0.2, 0.25) is 11.9 Å². The van der Waals surface area contributed by atoms with Crippen molar-refractivity contribution in [1.29, 1.82) is 0 Å². The van der Waals surface area contributed by atoms with Gasteiger partial charge in [-0.1, -0.05) is 12.1 Å². The van der Waals surface area contributed by atoms with Gasteiger partial charge < -0.3 is 4.98 Å². The molecule has 0 fully saturated rings. The number of amides is 1. The Hall–Kier alpha value is -2.14. The number of anilines is 1. The van der Waals surface area contributed by atoms with Crippen LogP contribution in [0.5, 0.6) is 0 Å². The lowest BCUT2D eigenvalue weighted by molar-refractivity contribution is -0.117. The number of H-pyrrole nitrogens is 1. The number of benzene rings is 1. The highest BCUT2D eigenvalue weighted by Gasteiger charge is 2.27. The van der Waals surface area contributed by atoms with Crippen LogP contribution in [-0.2, 0) is 11.2 Å². The van der Waals surface area contributed by atoms with Crippen LogP contribution in [0.15, 0.2) is 35.7 Å². The maximum atomic E-state index is 12.5. The molecule has 1 aromatic carbocycles. The van der Waals surface area contributed by atoms with Gasteiger partial charge in [-0.25, -0.2) is 4.98 Å². The van der Waals surface area contributed by atoms with Crippen molar-refractivity contribution >= 4 is 34.2 Å². The number of thiophene rings is 1. The number of carbonyl (C=O) groups excluding carboxylic acids is 1. The summed E-state index contributed by atoms with van der Waals surface area (Å²) in [7, 11) is 0. The number of nitrogens with one attached hydrogen (secondary N) is 2. The number of aromatic nitrogens is 2. The van der Waals surface area contributed by atoms with E-state index in [0.29, 0.717) is 5.95 Å². The van der Waals surface area contributed by atoms with E-state index in [4.69, 9.17) is 0 Å². The summed E-state index contributed by atoms with van der Waals surface area (Å²) in [6, 6.07) is 9.86. The topological polar surface area (TPSA) is 57.8 Å². The van der Waals surface area contributed by atoms with Gasteiger partial charge in [-0.05, 0) is 48.4 Å². The fraction of sp³-hybridized carbons (Fsp3) is 0.250. The second-order valence-electron chi connectivity index (χ2n) is 5.34. The zero-order valence-electron chi connectivity index (χ0n) is 11.4. The standard InChI is InChI=1S/C16H15N3OS/c20-15(11-4-3-7-14-10(11)8-9-21-14)19-16-17-12-5-1-2-6-13(12)18-16/h1-2,5-6,8-9,11H,3-4,7H2,(H2,17,18,19,20). The van der Waals surface area contributed by atoms with Gasteiger partial charge in [0.25, 0.3) is 0 Å². The third kappa shape index (κ3) is 2.23. The molecule has 0 bridgehead atoms. The summed E-state index contributed by atoms with van der Waals surface area (Å²) in [4.78, 5) is 21.4. The minimum absolute atomic E-state index is 0.0356. The lowest BCUT2D eigenvalue weighted by Gasteiger charge is -2.21. The van der Waals surface area contributed by atoms with Gasteiger partial charge in [0, 0.05) is 4.88 Å². The fourth-order valence-corrected chi connectivity index (χ4v) is 3.96. The first-order chi connectivity index (χ1) is 10.3. The van der Waals surface area contributed by atoms with Crippen LogP contribution in [0.25, 0.3) is 11.0 Å². The molecule has 0 saturated heterocycles. The second kappa shape index (κ2) is 5.00. The maximum absolute atomic E-state index is 12.5. The summed E-state index contributed by atoms with van der Waals surface area (Å²) < 4.78 is 0. The zero-order valence-corrected chi connectivity index (χ0v) is 12.2. The number of hydrogen-bond donors (Lipinski definition) is 2. The fourth-order valence-electron chi connectivity index (χ4n) is 2.97. The van der Waals surface area contributed by atoms with E-state index in [1.807, 2.05) is 24.3 Å². The average molecular weight is 297 g/mol. The van der Waals surface area contributed by atoms with E-state index in [0.717, 1.165) is 30.3 Å². The van der Waals surface area contributed by atoms with Crippen molar-refractivity contribution in [3.63, 3.8) is 0 Å². The largest absolute Gasteiger partial charge is 0.324 e. The molecule has 3 aromatic rings. The van der Waals surface area contributed by atoms with Crippen LogP contribution in [0.2, 0.25) is 0 Å². The highest BCUT2D eigenvalue weighted by Crippen LogP contribution is 2.35. The summed E-state index contributed by atoms with van der Waals surface area (Å²) >= 11 is 1.75. The van der Waals surface area contributed by atoms with Crippen molar-refractivity contribution in [3.8, 4) is 0 Å². The molecule has 106 valence electrons. The van der Waals surface area contributed by atoms with E-state index in [1.54, 1.807) is 11.3 Å². The van der Waals surface area contributed by atoms with Crippen molar-refractivity contribution in [1.82, 2.24) is 9.97 Å². The molecule has 4 rings (SSSR count). The number of aromatic amines is 1. The van der Waals surface area contributed by atoms with Crippen LogP contribution >= 0.6 is 11.3 Å². The highest BCUT2D eigenvalue weighted by molar-refractivity contribution is 7.10. The first-order valence-electron chi connectivity index (χ1n) is 7.13. The number of imidazole rings is 1. The van der Waals surface area contributed by atoms with Crippen molar-refractivity contribution in [2.75, 3.05) is 5.32 Å². The Morgan fingerprint density at radius 3 is 3.14 bits per heavy atom. The maximum Gasteiger partial charge on any atom is 0.234 e. The molecular weight excluding hydrogens is 282 g/mol. The van der Waals surface area contributed by atoms with Crippen molar-refractivity contribution < 1.29 is 4.79 Å². The molecule has 0 spiro atoms. The Bertz CT molecular complexity index is 772. The van der Waals surface area contributed by atoms with Gasteiger partial charge in [0.1, 0.15) is 0 Å². The van der Waals surface area contributed by atoms with Crippen LogP contribution in [0.1, 0.15) is 29.2 Å². The number of fused-ring (bicyclic) bond motifs is 2. The Kier molecular flexibility index (Phi) is 3.00. The minimum Gasteiger partial charge on any atom is -0.324 e. The third-order valence-electron chi connectivity index (χ3n) is 4.00. The van der Waals surface area contributed by atoms with Gasteiger partial charge in [0.05, 0.1) is 17.0 Å². The summed E-state index contributed by atoms with van der Waals surface area (Å²) in [5.74, 6) is 0.519. The molecule has 1 aliphatic rings. The summed E-state index contributed by atoms with van der Waals surface area (Å²) in [6.45, 7) is 0. The Morgan fingerprint density at radius 2 is 2.24 bits per heavy atom. The van der Waals surface area contributed by atoms with Crippen LogP contribution in [-0.4, -0.2) is 15.9 Å². The molecule has 0 radical (unpaired) electrons. The molecule has 1 aliphatic carbocycles. The number of carbonyl (C=O) groups is 1. The number of nitrogens with zero attached hydrogens (tertiary/aromatic N) is 1. The normalized spacial score (nSPS) is 17.6. The summed E-state index contributed by atoms with van der Waals surface area (Å²) in [6.07, 6.45) is 3.09. The molecule has 2 heterocycles. The van der Waals surface area contributed by atoms with Crippen molar-refractivity contribution in [2.24, 2.45) is 0 Å². The summed E-state index contributed by atoms with van der Waals surface area (Å²) in [5.41, 5.74) is 3.00. The van der Waals surface area contributed by atoms with Gasteiger partial charge in [-0.15, -0.1) is 11.3 Å². The molecule has 21 heavy (non-hydrogen) atoms. The van der Waals surface area contributed by atoms with E-state index in [2.05, 4.69) is 26.7 Å². The first-order valence-corrected chi connectivity index (χ1v) is 8.01. The van der Waals surface area contributed by atoms with Crippen LogP contribution in [0.3, 0.4) is 0 Å². The number of aryl methyl sites for hydroxylation is 1. The molecule has 2 N–H and O–H groups in total. The predicted molar refractivity (Wildman–Crippen MR) is 84.7 cm³/mol. The van der Waals surface area contributed by atoms with E-state index in [1.165, 1.54) is 10.4 Å². The smallest absolute Gasteiger partial charge is 0.234 e. The number of rotatable bonds is 2. The zero-order chi connectivity index (χ0) is 14.2. The highest BCUT2D eigenvalue weighted by atomic mass is 32.1. The van der Waals surface area contributed by atoms with Crippen molar-refractivity contribution in [2.45, 2.75) is 25.2 Å². The monoisotopic (exact) mass is 297 g/mol. The molecule has 5 heteroatoms. The average Bonchev–Trinajstić information content (AvgIpc) is 3.12. The van der Waals surface area contributed by atoms with E-state index < -0.39 is 0 Å². The molecule has 1 unspecified atom stereocenters. The molecular formula is C16H15N3OS. The van der Waals surface area contributed by atoms with Gasteiger partial charge in [0.15, 0.2) is 0 Å². The molecule has 1 atom stereocenters. The molecule has 1 amide bonds. The van der Waals surface area contributed by atoms with E-state index in [9.17, 15) is 4.79 Å².